The molecule has 0 amide bonds. The zero-order valence-electron chi connectivity index (χ0n) is 8.47. The molecule has 1 aromatic carbocycles. The number of benzene rings is 1. The van der Waals surface area contributed by atoms with Gasteiger partial charge in [0, 0.05) is 22.4 Å². The summed E-state index contributed by atoms with van der Waals surface area (Å²) in [6.45, 7) is 0. The van der Waals surface area contributed by atoms with Gasteiger partial charge in [-0.1, -0.05) is 45.2 Å². The topological polar surface area (TPSA) is 26.3 Å². The Morgan fingerprint density at radius 1 is 1.50 bits per heavy atom. The van der Waals surface area contributed by atoms with Gasteiger partial charge in [-0.15, -0.1) is 0 Å². The number of halogens is 3. The highest BCUT2D eigenvalue weighted by Crippen LogP contribution is 2.52. The molecule has 0 bridgehead atoms. The van der Waals surface area contributed by atoms with Gasteiger partial charge in [-0.2, -0.15) is 0 Å². The van der Waals surface area contributed by atoms with Crippen LogP contribution in [0.15, 0.2) is 22.7 Å². The van der Waals surface area contributed by atoms with Crippen LogP contribution in [0.2, 0.25) is 0 Å². The molecule has 0 radical (unpaired) electrons. The van der Waals surface area contributed by atoms with Crippen molar-refractivity contribution >= 4 is 44.9 Å². The van der Waals surface area contributed by atoms with Crippen molar-refractivity contribution in [1.29, 1.82) is 0 Å². The van der Waals surface area contributed by atoms with Crippen LogP contribution in [0, 0.1) is 0 Å². The minimum absolute atomic E-state index is 0.134. The van der Waals surface area contributed by atoms with E-state index in [2.05, 4.69) is 15.9 Å². The van der Waals surface area contributed by atoms with Crippen LogP contribution >= 0.6 is 39.1 Å². The molecule has 0 spiro atoms. The van der Waals surface area contributed by atoms with E-state index in [1.807, 2.05) is 18.2 Å². The van der Waals surface area contributed by atoms with Crippen molar-refractivity contribution in [2.24, 2.45) is 0 Å². The largest absolute Gasteiger partial charge is 0.496 e. The summed E-state index contributed by atoms with van der Waals surface area (Å²) in [5.41, 5.74) is 0.871. The van der Waals surface area contributed by atoms with Crippen LogP contribution < -0.4 is 4.74 Å². The Hall–Kier alpha value is -0.250. The van der Waals surface area contributed by atoms with E-state index < -0.39 is 4.33 Å². The van der Waals surface area contributed by atoms with Gasteiger partial charge in [-0.05, 0) is 12.1 Å². The highest BCUT2D eigenvalue weighted by molar-refractivity contribution is 9.10. The third-order valence-electron chi connectivity index (χ3n) is 2.77. The molecule has 0 unspecified atom stereocenters. The molecule has 2 nitrogen and oxygen atoms in total. The lowest BCUT2D eigenvalue weighted by Crippen LogP contribution is -2.45. The van der Waals surface area contributed by atoms with Crippen molar-refractivity contribution in [3.8, 4) is 5.75 Å². The Labute approximate surface area is 112 Å². The molecular formula is C11H9BrCl2O2. The molecular weight excluding hydrogens is 315 g/mol. The maximum Gasteiger partial charge on any atom is 0.183 e. The van der Waals surface area contributed by atoms with Gasteiger partial charge in [-0.25, -0.2) is 0 Å². The van der Waals surface area contributed by atoms with Gasteiger partial charge >= 0.3 is 0 Å². The molecule has 1 aromatic rings. The maximum atomic E-state index is 11.3. The summed E-state index contributed by atoms with van der Waals surface area (Å²) in [6.07, 6.45) is 0.366. The lowest BCUT2D eigenvalue weighted by Gasteiger charge is -2.38. The average molecular weight is 324 g/mol. The van der Waals surface area contributed by atoms with E-state index in [4.69, 9.17) is 27.9 Å². The molecule has 0 aliphatic heterocycles. The number of hydrogen-bond donors (Lipinski definition) is 0. The fraction of sp³-hybridized carbons (Fsp3) is 0.364. The first-order chi connectivity index (χ1) is 7.46. The van der Waals surface area contributed by atoms with E-state index in [0.717, 1.165) is 10.0 Å². The number of methoxy groups -OCH3 is 1. The Morgan fingerprint density at radius 2 is 2.19 bits per heavy atom. The second kappa shape index (κ2) is 4.21. The highest BCUT2D eigenvalue weighted by Gasteiger charge is 2.53. The summed E-state index contributed by atoms with van der Waals surface area (Å²) in [4.78, 5) is 11.3. The normalized spacial score (nSPS) is 22.8. The van der Waals surface area contributed by atoms with Crippen LogP contribution in [0.1, 0.15) is 17.9 Å². The Bertz CT molecular complexity index is 446. The monoisotopic (exact) mass is 322 g/mol. The number of Topliss-reactive ketones (excluding diaryl/α,β-unsaturated/α-hetero) is 1. The third-order valence-corrected chi connectivity index (χ3v) is 4.21. The van der Waals surface area contributed by atoms with E-state index in [-0.39, 0.29) is 11.7 Å². The first-order valence-corrected chi connectivity index (χ1v) is 6.26. The zero-order valence-corrected chi connectivity index (χ0v) is 11.6. The SMILES string of the molecule is COc1cc(Br)ccc1[C@@H]1CC(=O)C1(Cl)Cl. The Morgan fingerprint density at radius 3 is 2.69 bits per heavy atom. The first kappa shape index (κ1) is 12.2. The van der Waals surface area contributed by atoms with Crippen molar-refractivity contribution in [3.05, 3.63) is 28.2 Å². The first-order valence-electron chi connectivity index (χ1n) is 4.71. The van der Waals surface area contributed by atoms with Gasteiger partial charge in [0.15, 0.2) is 10.1 Å². The van der Waals surface area contributed by atoms with Gasteiger partial charge in [0.2, 0.25) is 0 Å². The highest BCUT2D eigenvalue weighted by atomic mass is 79.9. The van der Waals surface area contributed by atoms with E-state index in [1.54, 1.807) is 7.11 Å². The van der Waals surface area contributed by atoms with Gasteiger partial charge in [-0.3, -0.25) is 4.79 Å². The number of alkyl halides is 2. The smallest absolute Gasteiger partial charge is 0.183 e. The van der Waals surface area contributed by atoms with Crippen molar-refractivity contribution in [2.75, 3.05) is 7.11 Å². The molecule has 2 rings (SSSR count). The van der Waals surface area contributed by atoms with E-state index in [1.165, 1.54) is 0 Å². The van der Waals surface area contributed by atoms with Crippen molar-refractivity contribution < 1.29 is 9.53 Å². The van der Waals surface area contributed by atoms with Crippen LogP contribution in [-0.2, 0) is 4.79 Å². The molecule has 1 aliphatic rings. The quantitative estimate of drug-likeness (QED) is 0.776. The van der Waals surface area contributed by atoms with E-state index in [9.17, 15) is 4.79 Å². The van der Waals surface area contributed by atoms with Gasteiger partial charge in [0.05, 0.1) is 7.11 Å². The molecule has 5 heteroatoms. The molecule has 1 saturated carbocycles. The van der Waals surface area contributed by atoms with Crippen molar-refractivity contribution in [3.63, 3.8) is 0 Å². The fourth-order valence-electron chi connectivity index (χ4n) is 1.79. The van der Waals surface area contributed by atoms with Crippen LogP contribution in [0.3, 0.4) is 0 Å². The van der Waals surface area contributed by atoms with Gasteiger partial charge < -0.3 is 4.74 Å². The van der Waals surface area contributed by atoms with Crippen molar-refractivity contribution in [2.45, 2.75) is 16.7 Å². The summed E-state index contributed by atoms with van der Waals surface area (Å²) < 4.78 is 4.86. The van der Waals surface area contributed by atoms with Crippen LogP contribution in [-0.4, -0.2) is 17.2 Å². The Kier molecular flexibility index (Phi) is 3.21. The summed E-state index contributed by atoms with van der Waals surface area (Å²) >= 11 is 15.3. The number of rotatable bonds is 2. The summed E-state index contributed by atoms with van der Waals surface area (Å²) in [5.74, 6) is 0.370. The summed E-state index contributed by atoms with van der Waals surface area (Å²) in [7, 11) is 1.58. The number of hydrogen-bond acceptors (Lipinski definition) is 2. The van der Waals surface area contributed by atoms with E-state index in [0.29, 0.717) is 12.2 Å². The minimum Gasteiger partial charge on any atom is -0.496 e. The second-order valence-corrected chi connectivity index (χ2v) is 5.99. The van der Waals surface area contributed by atoms with Gasteiger partial charge in [0.25, 0.3) is 0 Å². The summed E-state index contributed by atoms with van der Waals surface area (Å²) in [6, 6.07) is 5.59. The molecule has 1 aliphatic carbocycles. The maximum absolute atomic E-state index is 11.3. The lowest BCUT2D eigenvalue weighted by molar-refractivity contribution is -0.125. The van der Waals surface area contributed by atoms with Crippen LogP contribution in [0.5, 0.6) is 5.75 Å². The Balaban J connectivity index is 2.39. The standard InChI is InChI=1S/C11H9BrCl2O2/c1-16-9-4-6(12)2-3-7(9)8-5-10(15)11(8,13)14/h2-4,8H,5H2,1H3/t8-/m0/s1. The molecule has 1 atom stereocenters. The zero-order chi connectivity index (χ0) is 11.9. The van der Waals surface area contributed by atoms with Crippen LogP contribution in [0.25, 0.3) is 0 Å². The predicted octanol–water partition coefficient (Wildman–Crippen LogP) is 3.69. The van der Waals surface area contributed by atoms with Crippen molar-refractivity contribution in [1.82, 2.24) is 0 Å². The van der Waals surface area contributed by atoms with Gasteiger partial charge in [0.1, 0.15) is 5.75 Å². The van der Waals surface area contributed by atoms with E-state index >= 15 is 0 Å². The predicted molar refractivity (Wildman–Crippen MR) is 67.5 cm³/mol. The minimum atomic E-state index is -1.30. The molecule has 0 aromatic heterocycles. The van der Waals surface area contributed by atoms with Crippen LogP contribution in [0.4, 0.5) is 0 Å². The number of carbonyl (C=O) groups excluding carboxylic acids is 1. The number of ketones is 1. The molecule has 0 heterocycles. The number of carbonyl (C=O) groups is 1. The molecule has 16 heavy (non-hydrogen) atoms. The molecule has 0 saturated heterocycles. The average Bonchev–Trinajstić information content (AvgIpc) is 2.26. The lowest BCUT2D eigenvalue weighted by atomic mass is 9.77. The summed E-state index contributed by atoms with van der Waals surface area (Å²) in [5, 5.41) is 0. The molecule has 86 valence electrons. The second-order valence-electron chi connectivity index (χ2n) is 3.69. The number of ether oxygens (including phenoxy) is 1. The molecule has 0 N–H and O–H groups in total. The fourth-order valence-corrected chi connectivity index (χ4v) is 2.67. The molecule has 1 fully saturated rings. The third kappa shape index (κ3) is 1.85.